The van der Waals surface area contributed by atoms with Gasteiger partial charge in [-0.25, -0.2) is 4.79 Å². The molecule has 116 valence electrons. The molecule has 0 spiro atoms. The fraction of sp³-hybridized carbons (Fsp3) is 0.357. The molecule has 0 bridgehead atoms. The second-order valence-electron chi connectivity index (χ2n) is 5.09. The summed E-state index contributed by atoms with van der Waals surface area (Å²) >= 11 is 0. The summed E-state index contributed by atoms with van der Waals surface area (Å²) in [5.74, 6) is 0.103. The van der Waals surface area contributed by atoms with Gasteiger partial charge >= 0.3 is 5.69 Å². The minimum atomic E-state index is -0.832. The number of aromatic nitrogens is 3. The molecule has 3 heterocycles. The number of nitrogens with zero attached hydrogens (tertiary/aromatic N) is 3. The molecule has 0 aromatic carbocycles. The summed E-state index contributed by atoms with van der Waals surface area (Å²) in [4.78, 5) is 19.9. The van der Waals surface area contributed by atoms with E-state index in [-0.39, 0.29) is 18.8 Å². The van der Waals surface area contributed by atoms with E-state index in [1.165, 1.54) is 4.57 Å². The highest BCUT2D eigenvalue weighted by atomic mass is 16.5. The molecule has 4 N–H and O–H groups in total. The number of hydrogen-bond donors (Lipinski definition) is 3. The van der Waals surface area contributed by atoms with E-state index >= 15 is 0 Å². The number of aliphatic hydroxyl groups is 2. The van der Waals surface area contributed by atoms with E-state index < -0.39 is 24.1 Å². The molecule has 0 unspecified atom stereocenters. The zero-order valence-electron chi connectivity index (χ0n) is 11.7. The van der Waals surface area contributed by atoms with Gasteiger partial charge in [0.15, 0.2) is 0 Å². The van der Waals surface area contributed by atoms with E-state index in [1.807, 2.05) is 0 Å². The molecule has 8 nitrogen and oxygen atoms in total. The average molecular weight is 304 g/mol. The maximum atomic E-state index is 12.0. The normalized spacial score (nSPS) is 24.5. The Labute approximate surface area is 125 Å². The van der Waals surface area contributed by atoms with Crippen LogP contribution in [0.15, 0.2) is 35.5 Å². The highest BCUT2D eigenvalue weighted by molar-refractivity contribution is 5.71. The molecular formula is C14H16N4O4. The van der Waals surface area contributed by atoms with Gasteiger partial charge in [0.05, 0.1) is 12.7 Å². The van der Waals surface area contributed by atoms with Crippen molar-refractivity contribution in [1.82, 2.24) is 14.5 Å². The largest absolute Gasteiger partial charge is 0.394 e. The van der Waals surface area contributed by atoms with Crippen LogP contribution in [-0.4, -0.2) is 43.6 Å². The third-order valence-corrected chi connectivity index (χ3v) is 3.65. The van der Waals surface area contributed by atoms with Gasteiger partial charge in [0.2, 0.25) is 0 Å². The van der Waals surface area contributed by atoms with Crippen LogP contribution in [0.25, 0.3) is 11.1 Å². The van der Waals surface area contributed by atoms with Crippen molar-refractivity contribution in [3.8, 4) is 11.1 Å². The fourth-order valence-corrected chi connectivity index (χ4v) is 2.48. The van der Waals surface area contributed by atoms with Crippen LogP contribution >= 0.6 is 0 Å². The summed E-state index contributed by atoms with van der Waals surface area (Å²) in [7, 11) is 0. The molecular weight excluding hydrogens is 288 g/mol. The van der Waals surface area contributed by atoms with Crippen molar-refractivity contribution < 1.29 is 14.9 Å². The molecule has 22 heavy (non-hydrogen) atoms. The lowest BCUT2D eigenvalue weighted by atomic mass is 10.1. The number of hydrogen-bond acceptors (Lipinski definition) is 7. The monoisotopic (exact) mass is 304 g/mol. The van der Waals surface area contributed by atoms with Gasteiger partial charge in [-0.1, -0.05) is 6.07 Å². The molecule has 1 aliphatic heterocycles. The number of pyridine rings is 1. The molecule has 2 aromatic rings. The molecule has 1 saturated heterocycles. The summed E-state index contributed by atoms with van der Waals surface area (Å²) in [6.45, 7) is -0.315. The zero-order valence-corrected chi connectivity index (χ0v) is 11.7. The lowest BCUT2D eigenvalue weighted by Crippen LogP contribution is -2.28. The minimum absolute atomic E-state index is 0.103. The van der Waals surface area contributed by atoms with Crippen molar-refractivity contribution in [2.45, 2.75) is 24.9 Å². The minimum Gasteiger partial charge on any atom is -0.394 e. The standard InChI is InChI=1S/C14H16N4O4/c15-13-9(8-2-1-3-16-5-8)6-18(14(21)17-13)12-4-10(20)11(7-19)22-12/h1-3,5-6,10-12,19-20H,4,7H2,(H2,15,17,21)/t10-,11+,12+/m0/s1. The van der Waals surface area contributed by atoms with Crippen molar-refractivity contribution >= 4 is 5.82 Å². The van der Waals surface area contributed by atoms with E-state index in [2.05, 4.69) is 9.97 Å². The fourth-order valence-electron chi connectivity index (χ4n) is 2.48. The topological polar surface area (TPSA) is 123 Å². The van der Waals surface area contributed by atoms with Gasteiger partial charge in [0.25, 0.3) is 0 Å². The van der Waals surface area contributed by atoms with E-state index in [4.69, 9.17) is 15.6 Å². The lowest BCUT2D eigenvalue weighted by Gasteiger charge is -2.16. The van der Waals surface area contributed by atoms with Gasteiger partial charge in [-0.2, -0.15) is 4.98 Å². The summed E-state index contributed by atoms with van der Waals surface area (Å²) in [6, 6.07) is 3.55. The van der Waals surface area contributed by atoms with E-state index in [9.17, 15) is 9.90 Å². The molecule has 3 atom stereocenters. The first-order valence-electron chi connectivity index (χ1n) is 6.83. The highest BCUT2D eigenvalue weighted by Crippen LogP contribution is 2.29. The molecule has 1 aliphatic rings. The molecule has 0 saturated carbocycles. The number of ether oxygens (including phenoxy) is 1. The first-order valence-corrected chi connectivity index (χ1v) is 6.83. The van der Waals surface area contributed by atoms with Crippen LogP contribution in [0.2, 0.25) is 0 Å². The highest BCUT2D eigenvalue weighted by Gasteiger charge is 2.35. The number of anilines is 1. The SMILES string of the molecule is Nc1nc(=O)n([C@H]2C[C@H](O)[C@@H](CO)O2)cc1-c1cccnc1. The van der Waals surface area contributed by atoms with Crippen molar-refractivity contribution in [2.24, 2.45) is 0 Å². The number of nitrogen functional groups attached to an aromatic ring is 1. The summed E-state index contributed by atoms with van der Waals surface area (Å²) in [5.41, 5.74) is 6.53. The van der Waals surface area contributed by atoms with Crippen molar-refractivity contribution in [2.75, 3.05) is 12.3 Å². The Balaban J connectivity index is 2.01. The lowest BCUT2D eigenvalue weighted by molar-refractivity contribution is -0.0458. The molecule has 3 rings (SSSR count). The third-order valence-electron chi connectivity index (χ3n) is 3.65. The predicted octanol–water partition coefficient (Wildman–Crippen LogP) is -0.472. The Hall–Kier alpha value is -2.29. The van der Waals surface area contributed by atoms with Crippen LogP contribution < -0.4 is 11.4 Å². The van der Waals surface area contributed by atoms with Gasteiger partial charge in [-0.05, 0) is 6.07 Å². The van der Waals surface area contributed by atoms with Crippen molar-refractivity contribution in [3.63, 3.8) is 0 Å². The first kappa shape index (κ1) is 14.6. The first-order chi connectivity index (χ1) is 10.6. The van der Waals surface area contributed by atoms with Crippen LogP contribution in [-0.2, 0) is 4.74 Å². The third kappa shape index (κ3) is 2.59. The van der Waals surface area contributed by atoms with Crippen LogP contribution in [0.5, 0.6) is 0 Å². The second-order valence-corrected chi connectivity index (χ2v) is 5.09. The quantitative estimate of drug-likeness (QED) is 0.700. The summed E-state index contributed by atoms with van der Waals surface area (Å²) in [5, 5.41) is 18.9. The molecule has 0 amide bonds. The summed E-state index contributed by atoms with van der Waals surface area (Å²) in [6.07, 6.45) is 2.75. The van der Waals surface area contributed by atoms with Gasteiger partial charge in [0.1, 0.15) is 18.1 Å². The van der Waals surface area contributed by atoms with Gasteiger partial charge < -0.3 is 20.7 Å². The van der Waals surface area contributed by atoms with E-state index in [0.29, 0.717) is 5.56 Å². The van der Waals surface area contributed by atoms with Gasteiger partial charge in [-0.3, -0.25) is 9.55 Å². The Morgan fingerprint density at radius 3 is 2.95 bits per heavy atom. The summed E-state index contributed by atoms with van der Waals surface area (Å²) < 4.78 is 6.76. The number of nitrogens with two attached hydrogens (primary N) is 1. The molecule has 1 fully saturated rings. The Morgan fingerprint density at radius 1 is 1.50 bits per heavy atom. The van der Waals surface area contributed by atoms with Crippen LogP contribution in [0.3, 0.4) is 0 Å². The zero-order chi connectivity index (χ0) is 15.7. The molecule has 2 aromatic heterocycles. The Bertz CT molecular complexity index is 719. The second kappa shape index (κ2) is 5.84. The Morgan fingerprint density at radius 2 is 2.32 bits per heavy atom. The Kier molecular flexibility index (Phi) is 3.88. The number of aliphatic hydroxyl groups excluding tert-OH is 2. The molecule has 8 heteroatoms. The maximum Gasteiger partial charge on any atom is 0.351 e. The predicted molar refractivity (Wildman–Crippen MR) is 77.8 cm³/mol. The van der Waals surface area contributed by atoms with Crippen molar-refractivity contribution in [3.05, 3.63) is 41.2 Å². The van der Waals surface area contributed by atoms with E-state index in [0.717, 1.165) is 5.56 Å². The van der Waals surface area contributed by atoms with Gasteiger partial charge in [-0.15, -0.1) is 0 Å². The average Bonchev–Trinajstić information content (AvgIpc) is 2.89. The maximum absolute atomic E-state index is 12.0. The van der Waals surface area contributed by atoms with Crippen LogP contribution in [0.1, 0.15) is 12.6 Å². The van der Waals surface area contributed by atoms with Crippen molar-refractivity contribution in [1.29, 1.82) is 0 Å². The van der Waals surface area contributed by atoms with Crippen LogP contribution in [0, 0.1) is 0 Å². The smallest absolute Gasteiger partial charge is 0.351 e. The molecule has 0 aliphatic carbocycles. The van der Waals surface area contributed by atoms with Gasteiger partial charge in [0, 0.05) is 36.1 Å². The van der Waals surface area contributed by atoms with Crippen LogP contribution in [0.4, 0.5) is 5.82 Å². The number of rotatable bonds is 3. The van der Waals surface area contributed by atoms with E-state index in [1.54, 1.807) is 30.7 Å². The molecule has 0 radical (unpaired) electrons.